The van der Waals surface area contributed by atoms with Crippen molar-refractivity contribution >= 4 is 11.5 Å². The molecule has 0 bridgehead atoms. The minimum atomic E-state index is -1.37. The summed E-state index contributed by atoms with van der Waals surface area (Å²) in [6.07, 6.45) is 4.42. The fraction of sp³-hybridized carbons (Fsp3) is 0.375. The van der Waals surface area contributed by atoms with Gasteiger partial charge in [0.15, 0.2) is 0 Å². The molecule has 1 fully saturated rings. The molecule has 2 unspecified atom stereocenters. The molecule has 2 aliphatic heterocycles. The molecule has 3 rings (SSSR count). The quantitative estimate of drug-likeness (QED) is 0.763. The lowest BCUT2D eigenvalue weighted by Crippen LogP contribution is -2.54. The second-order valence-electron chi connectivity index (χ2n) is 5.34. The molecular formula is C16H18N2O2. The molecule has 104 valence electrons. The molecule has 2 atom stereocenters. The van der Waals surface area contributed by atoms with E-state index in [0.717, 1.165) is 25.8 Å². The van der Waals surface area contributed by atoms with E-state index >= 15 is 0 Å². The second-order valence-corrected chi connectivity index (χ2v) is 5.34. The first-order valence-corrected chi connectivity index (χ1v) is 6.99. The minimum Gasteiger partial charge on any atom is -0.379 e. The van der Waals surface area contributed by atoms with Crippen LogP contribution in [0.1, 0.15) is 19.3 Å². The molecule has 4 nitrogen and oxygen atoms in total. The number of amides is 1. The van der Waals surface area contributed by atoms with E-state index < -0.39 is 5.60 Å². The van der Waals surface area contributed by atoms with E-state index in [4.69, 9.17) is 0 Å². The molecule has 2 heterocycles. The Hall–Kier alpha value is -1.78. The number of nitrogens with one attached hydrogen (secondary N) is 1. The van der Waals surface area contributed by atoms with Crippen LogP contribution in [-0.2, 0) is 4.79 Å². The lowest BCUT2D eigenvalue weighted by Gasteiger charge is -2.37. The van der Waals surface area contributed by atoms with Crippen LogP contribution in [0, 0.1) is 0 Å². The number of rotatable bonds is 3. The number of carbonyl (C=O) groups excluding carboxylic acids is 1. The van der Waals surface area contributed by atoms with Crippen molar-refractivity contribution < 1.29 is 9.90 Å². The molecule has 1 aromatic carbocycles. The van der Waals surface area contributed by atoms with Crippen molar-refractivity contribution in [3.05, 3.63) is 47.5 Å². The fourth-order valence-corrected chi connectivity index (χ4v) is 3.10. The van der Waals surface area contributed by atoms with Crippen LogP contribution in [0.5, 0.6) is 0 Å². The van der Waals surface area contributed by atoms with E-state index in [-0.39, 0.29) is 11.9 Å². The second kappa shape index (κ2) is 4.96. The predicted octanol–water partition coefficient (Wildman–Crippen LogP) is 0.0563. The summed E-state index contributed by atoms with van der Waals surface area (Å²) in [5.41, 5.74) is -1.02. The van der Waals surface area contributed by atoms with Gasteiger partial charge in [0.05, 0.1) is 10.9 Å². The smallest absolute Gasteiger partial charge is 0.277 e. The topological polar surface area (TPSA) is 61.7 Å². The Bertz CT molecular complexity index is 674. The average molecular weight is 270 g/mol. The molecule has 1 saturated heterocycles. The molecule has 20 heavy (non-hydrogen) atoms. The Labute approximate surface area is 117 Å². The first-order valence-electron chi connectivity index (χ1n) is 6.99. The van der Waals surface area contributed by atoms with E-state index in [2.05, 4.69) is 16.9 Å². The number of aliphatic hydroxyl groups is 1. The van der Waals surface area contributed by atoms with Gasteiger partial charge in [-0.1, -0.05) is 37.3 Å². The van der Waals surface area contributed by atoms with Crippen LogP contribution >= 0.6 is 0 Å². The van der Waals surface area contributed by atoms with Crippen LogP contribution in [-0.4, -0.2) is 29.2 Å². The maximum Gasteiger partial charge on any atom is 0.277 e. The molecule has 0 aliphatic carbocycles. The molecule has 1 aromatic rings. The first-order chi connectivity index (χ1) is 9.66. The van der Waals surface area contributed by atoms with Crippen molar-refractivity contribution in [1.82, 2.24) is 5.32 Å². The summed E-state index contributed by atoms with van der Waals surface area (Å²) in [6, 6.07) is 7.12. The lowest BCUT2D eigenvalue weighted by molar-refractivity contribution is -0.113. The summed E-state index contributed by atoms with van der Waals surface area (Å²) in [5, 5.41) is 15.7. The van der Waals surface area contributed by atoms with Crippen LogP contribution in [0.25, 0.3) is 5.57 Å². The average Bonchev–Trinajstić information content (AvgIpc) is 2.83. The van der Waals surface area contributed by atoms with Crippen LogP contribution in [0.3, 0.4) is 0 Å². The Morgan fingerprint density at radius 1 is 1.40 bits per heavy atom. The van der Waals surface area contributed by atoms with Crippen LogP contribution in [0.15, 0.2) is 41.9 Å². The van der Waals surface area contributed by atoms with Gasteiger partial charge in [0.2, 0.25) is 0 Å². The summed E-state index contributed by atoms with van der Waals surface area (Å²) in [7, 11) is 0. The maximum atomic E-state index is 12.2. The summed E-state index contributed by atoms with van der Waals surface area (Å²) >= 11 is 0. The van der Waals surface area contributed by atoms with Gasteiger partial charge in [-0.2, -0.15) is 0 Å². The molecule has 1 amide bonds. The number of hydrogen-bond donors (Lipinski definition) is 2. The largest absolute Gasteiger partial charge is 0.379 e. The molecule has 0 radical (unpaired) electrons. The van der Waals surface area contributed by atoms with Crippen molar-refractivity contribution in [2.24, 2.45) is 4.99 Å². The van der Waals surface area contributed by atoms with Gasteiger partial charge in [-0.25, -0.2) is 4.99 Å². The van der Waals surface area contributed by atoms with E-state index in [1.165, 1.54) is 6.08 Å². The SMILES string of the molecule is C=CC(O)(C1=c2ccccc2=NC1=O)C1CCCCN1. The third kappa shape index (κ3) is 1.92. The molecule has 2 N–H and O–H groups in total. The van der Waals surface area contributed by atoms with Crippen molar-refractivity contribution in [2.45, 2.75) is 30.9 Å². The highest BCUT2D eigenvalue weighted by Gasteiger charge is 2.42. The van der Waals surface area contributed by atoms with Crippen molar-refractivity contribution in [2.75, 3.05) is 6.54 Å². The van der Waals surface area contributed by atoms with Crippen LogP contribution < -0.4 is 15.9 Å². The number of fused-ring (bicyclic) bond motifs is 1. The molecule has 2 aliphatic rings. The van der Waals surface area contributed by atoms with Gasteiger partial charge in [-0.15, -0.1) is 0 Å². The molecule has 0 spiro atoms. The highest BCUT2D eigenvalue weighted by atomic mass is 16.3. The summed E-state index contributed by atoms with van der Waals surface area (Å²) in [4.78, 5) is 16.3. The van der Waals surface area contributed by atoms with Gasteiger partial charge >= 0.3 is 0 Å². The number of benzene rings is 1. The number of hydrogen-bond acceptors (Lipinski definition) is 3. The number of nitrogens with zero attached hydrogens (tertiary/aromatic N) is 1. The summed E-state index contributed by atoms with van der Waals surface area (Å²) < 4.78 is 0. The number of carbonyl (C=O) groups is 1. The summed E-state index contributed by atoms with van der Waals surface area (Å²) in [6.45, 7) is 4.60. The minimum absolute atomic E-state index is 0.186. The predicted molar refractivity (Wildman–Crippen MR) is 76.4 cm³/mol. The third-order valence-electron chi connectivity index (χ3n) is 4.16. The fourth-order valence-electron chi connectivity index (χ4n) is 3.10. The van der Waals surface area contributed by atoms with Gasteiger partial charge < -0.3 is 10.4 Å². The summed E-state index contributed by atoms with van der Waals surface area (Å²) in [5.74, 6) is -0.360. The van der Waals surface area contributed by atoms with E-state index in [1.54, 1.807) is 6.07 Å². The Kier molecular flexibility index (Phi) is 3.28. The van der Waals surface area contributed by atoms with Gasteiger partial charge in [-0.05, 0) is 25.5 Å². The molecule has 0 saturated carbocycles. The monoisotopic (exact) mass is 270 g/mol. The van der Waals surface area contributed by atoms with E-state index in [1.807, 2.05) is 18.2 Å². The van der Waals surface area contributed by atoms with Gasteiger partial charge in [-0.3, -0.25) is 4.79 Å². The Morgan fingerprint density at radius 2 is 2.20 bits per heavy atom. The zero-order valence-electron chi connectivity index (χ0n) is 11.3. The third-order valence-corrected chi connectivity index (χ3v) is 4.16. The number of piperidine rings is 1. The van der Waals surface area contributed by atoms with Crippen LogP contribution in [0.4, 0.5) is 0 Å². The Balaban J connectivity index is 2.17. The standard InChI is InChI=1S/C16H18N2O2/c1-2-16(20,13-9-5-6-10-17-13)14-11-7-3-4-8-12(11)18-15(14)19/h2-4,7-8,13,17,20H,1,5-6,9-10H2. The highest BCUT2D eigenvalue weighted by molar-refractivity contribution is 6.18. The number of para-hydroxylation sites is 1. The molecule has 0 aromatic heterocycles. The van der Waals surface area contributed by atoms with Gasteiger partial charge in [0, 0.05) is 11.3 Å². The zero-order valence-corrected chi connectivity index (χ0v) is 11.3. The maximum absolute atomic E-state index is 12.2. The van der Waals surface area contributed by atoms with Gasteiger partial charge in [0.1, 0.15) is 5.60 Å². The van der Waals surface area contributed by atoms with E-state index in [9.17, 15) is 9.90 Å². The zero-order chi connectivity index (χ0) is 14.2. The molecular weight excluding hydrogens is 252 g/mol. The van der Waals surface area contributed by atoms with Crippen molar-refractivity contribution in [3.8, 4) is 0 Å². The van der Waals surface area contributed by atoms with Crippen molar-refractivity contribution in [3.63, 3.8) is 0 Å². The van der Waals surface area contributed by atoms with Gasteiger partial charge in [0.25, 0.3) is 5.91 Å². The molecule has 4 heteroatoms. The normalized spacial score (nSPS) is 24.8. The Morgan fingerprint density at radius 3 is 2.90 bits per heavy atom. The highest BCUT2D eigenvalue weighted by Crippen LogP contribution is 2.29. The van der Waals surface area contributed by atoms with Crippen molar-refractivity contribution in [1.29, 1.82) is 0 Å². The van der Waals surface area contributed by atoms with E-state index in [0.29, 0.717) is 16.1 Å². The van der Waals surface area contributed by atoms with Crippen LogP contribution in [0.2, 0.25) is 0 Å². The lowest BCUT2D eigenvalue weighted by atomic mass is 9.81. The first kappa shape index (κ1) is 13.2.